The molecule has 1 fully saturated rings. The van der Waals surface area contributed by atoms with Gasteiger partial charge in [0.2, 0.25) is 0 Å². The Morgan fingerprint density at radius 3 is 2.68 bits per heavy atom. The Hall–Kier alpha value is -3.04. The molecule has 1 aliphatic rings. The summed E-state index contributed by atoms with van der Waals surface area (Å²) in [6.45, 7) is 0. The molecule has 0 bridgehead atoms. The second-order valence-electron chi connectivity index (χ2n) is 5.48. The lowest BCUT2D eigenvalue weighted by molar-refractivity contribution is -0.384. The van der Waals surface area contributed by atoms with E-state index in [-0.39, 0.29) is 27.5 Å². The van der Waals surface area contributed by atoms with Gasteiger partial charge in [-0.25, -0.2) is 4.99 Å². The van der Waals surface area contributed by atoms with Crippen LogP contribution < -0.4 is 14.8 Å². The van der Waals surface area contributed by atoms with Crippen LogP contribution in [-0.4, -0.2) is 30.2 Å². The molecule has 1 N–H and O–H groups in total. The number of methoxy groups -OCH3 is 2. The Morgan fingerprint density at radius 1 is 1.21 bits per heavy atom. The summed E-state index contributed by atoms with van der Waals surface area (Å²) in [5, 5.41) is 14.2. The lowest BCUT2D eigenvalue weighted by Crippen LogP contribution is -2.19. The van der Waals surface area contributed by atoms with Gasteiger partial charge in [-0.1, -0.05) is 11.6 Å². The number of hydrogen-bond donors (Lipinski definition) is 1. The molecule has 0 saturated carbocycles. The van der Waals surface area contributed by atoms with E-state index >= 15 is 0 Å². The van der Waals surface area contributed by atoms with Crippen molar-refractivity contribution < 1.29 is 19.2 Å². The summed E-state index contributed by atoms with van der Waals surface area (Å²) in [7, 11) is 3.07. The molecule has 1 saturated heterocycles. The molecule has 144 valence electrons. The Bertz CT molecular complexity index is 1020. The number of rotatable bonds is 5. The summed E-state index contributed by atoms with van der Waals surface area (Å²) < 4.78 is 10.5. The molecule has 1 aliphatic heterocycles. The van der Waals surface area contributed by atoms with E-state index in [1.165, 1.54) is 25.3 Å². The van der Waals surface area contributed by atoms with Gasteiger partial charge in [-0.15, -0.1) is 0 Å². The Kier molecular flexibility index (Phi) is 5.86. The van der Waals surface area contributed by atoms with E-state index in [2.05, 4.69) is 10.3 Å². The first-order valence-corrected chi connectivity index (χ1v) is 9.06. The van der Waals surface area contributed by atoms with Crippen LogP contribution in [0.1, 0.15) is 5.56 Å². The average Bonchev–Trinajstić information content (AvgIpc) is 3.01. The Labute approximate surface area is 169 Å². The van der Waals surface area contributed by atoms with Crippen molar-refractivity contribution in [1.29, 1.82) is 0 Å². The minimum Gasteiger partial charge on any atom is -0.497 e. The molecule has 0 atom stereocenters. The van der Waals surface area contributed by atoms with Gasteiger partial charge in [0, 0.05) is 16.7 Å². The van der Waals surface area contributed by atoms with Crippen LogP contribution in [0.15, 0.2) is 46.3 Å². The van der Waals surface area contributed by atoms with Gasteiger partial charge in [0.05, 0.1) is 24.0 Å². The Balaban J connectivity index is 1.94. The van der Waals surface area contributed by atoms with Crippen LogP contribution in [-0.2, 0) is 4.79 Å². The second-order valence-corrected chi connectivity index (χ2v) is 6.95. The largest absolute Gasteiger partial charge is 0.497 e. The van der Waals surface area contributed by atoms with Crippen LogP contribution in [0, 0.1) is 10.1 Å². The van der Waals surface area contributed by atoms with Gasteiger partial charge in [0.1, 0.15) is 17.2 Å². The monoisotopic (exact) mass is 419 g/mol. The molecule has 0 aromatic heterocycles. The highest BCUT2D eigenvalue weighted by Gasteiger charge is 2.25. The summed E-state index contributed by atoms with van der Waals surface area (Å²) in [4.78, 5) is 27.5. The van der Waals surface area contributed by atoms with E-state index in [0.717, 1.165) is 11.8 Å². The van der Waals surface area contributed by atoms with Crippen LogP contribution in [0.2, 0.25) is 5.02 Å². The van der Waals surface area contributed by atoms with Crippen LogP contribution in [0.3, 0.4) is 0 Å². The van der Waals surface area contributed by atoms with Gasteiger partial charge < -0.3 is 14.8 Å². The van der Waals surface area contributed by atoms with Crippen molar-refractivity contribution in [1.82, 2.24) is 5.32 Å². The van der Waals surface area contributed by atoms with Gasteiger partial charge in [0.15, 0.2) is 5.17 Å². The minimum absolute atomic E-state index is 0.0948. The predicted molar refractivity (Wildman–Crippen MR) is 108 cm³/mol. The van der Waals surface area contributed by atoms with E-state index in [4.69, 9.17) is 21.1 Å². The molecule has 0 radical (unpaired) electrons. The minimum atomic E-state index is -0.579. The number of benzene rings is 2. The van der Waals surface area contributed by atoms with Gasteiger partial charge in [0.25, 0.3) is 11.6 Å². The smallest absolute Gasteiger partial charge is 0.296 e. The molecule has 0 spiro atoms. The van der Waals surface area contributed by atoms with E-state index in [0.29, 0.717) is 22.0 Å². The number of ether oxygens (including phenoxy) is 2. The highest BCUT2D eigenvalue weighted by molar-refractivity contribution is 8.18. The van der Waals surface area contributed by atoms with Crippen molar-refractivity contribution >= 4 is 51.9 Å². The highest BCUT2D eigenvalue weighted by atomic mass is 35.5. The standard InChI is InChI=1S/C18H14ClN3O5S/c1-26-12-4-6-15(27-2)10(7-12)8-16-17(23)21-18(28-16)20-13-5-3-11(19)9-14(13)22(24)25/h3-9H,1-2H3,(H,20,21,23)/b16-8+. The van der Waals surface area contributed by atoms with E-state index < -0.39 is 4.92 Å². The number of nitrogens with zero attached hydrogens (tertiary/aromatic N) is 2. The van der Waals surface area contributed by atoms with Gasteiger partial charge in [-0.2, -0.15) is 0 Å². The number of carbonyl (C=O) groups is 1. The summed E-state index contributed by atoms with van der Waals surface area (Å²) in [5.41, 5.74) is 0.498. The third-order valence-electron chi connectivity index (χ3n) is 3.73. The lowest BCUT2D eigenvalue weighted by Gasteiger charge is -2.07. The molecule has 1 heterocycles. The number of carbonyl (C=O) groups excluding carboxylic acids is 1. The molecule has 0 aliphatic carbocycles. The van der Waals surface area contributed by atoms with Crippen LogP contribution in [0.25, 0.3) is 6.08 Å². The molecule has 8 nitrogen and oxygen atoms in total. The number of aliphatic imine (C=N–C) groups is 1. The maximum absolute atomic E-state index is 12.3. The van der Waals surface area contributed by atoms with Crippen molar-refractivity contribution in [2.75, 3.05) is 14.2 Å². The fourth-order valence-corrected chi connectivity index (χ4v) is 3.41. The van der Waals surface area contributed by atoms with Crippen molar-refractivity contribution in [3.8, 4) is 11.5 Å². The van der Waals surface area contributed by atoms with Crippen molar-refractivity contribution in [2.24, 2.45) is 4.99 Å². The summed E-state index contributed by atoms with van der Waals surface area (Å²) in [6, 6.07) is 9.34. The molecule has 2 aromatic carbocycles. The third-order valence-corrected chi connectivity index (χ3v) is 4.88. The fraction of sp³-hybridized carbons (Fsp3) is 0.111. The summed E-state index contributed by atoms with van der Waals surface area (Å²) in [5.74, 6) is 0.812. The quantitative estimate of drug-likeness (QED) is 0.443. The average molecular weight is 420 g/mol. The van der Waals surface area contributed by atoms with Crippen LogP contribution >= 0.6 is 23.4 Å². The van der Waals surface area contributed by atoms with Gasteiger partial charge in [-0.05, 0) is 48.2 Å². The first-order chi connectivity index (χ1) is 13.4. The molecule has 0 unspecified atom stereocenters. The predicted octanol–water partition coefficient (Wildman–Crippen LogP) is 4.16. The van der Waals surface area contributed by atoms with Gasteiger partial charge >= 0.3 is 0 Å². The molecular formula is C18H14ClN3O5S. The van der Waals surface area contributed by atoms with Crippen LogP contribution in [0.5, 0.6) is 11.5 Å². The zero-order valence-electron chi connectivity index (χ0n) is 14.8. The third kappa shape index (κ3) is 4.26. The first-order valence-electron chi connectivity index (χ1n) is 7.87. The SMILES string of the molecule is COc1ccc(OC)c(/C=C2/SC(=Nc3ccc(Cl)cc3[N+](=O)[O-])NC2=O)c1. The summed E-state index contributed by atoms with van der Waals surface area (Å²) >= 11 is 6.87. The van der Waals surface area contributed by atoms with Gasteiger partial charge in [-0.3, -0.25) is 14.9 Å². The maximum Gasteiger partial charge on any atom is 0.296 e. The van der Waals surface area contributed by atoms with Crippen molar-refractivity contribution in [3.05, 3.63) is 62.0 Å². The molecule has 2 aromatic rings. The van der Waals surface area contributed by atoms with Crippen LogP contribution in [0.4, 0.5) is 11.4 Å². The molecule has 10 heteroatoms. The zero-order valence-corrected chi connectivity index (χ0v) is 16.3. The number of halogens is 1. The number of nitro groups is 1. The number of hydrogen-bond acceptors (Lipinski definition) is 7. The van der Waals surface area contributed by atoms with E-state index in [1.807, 2.05) is 0 Å². The van der Waals surface area contributed by atoms with Crippen molar-refractivity contribution in [2.45, 2.75) is 0 Å². The first kappa shape index (κ1) is 19.7. The van der Waals surface area contributed by atoms with Crippen molar-refractivity contribution in [3.63, 3.8) is 0 Å². The molecular weight excluding hydrogens is 406 g/mol. The zero-order chi connectivity index (χ0) is 20.3. The number of nitro benzene ring substituents is 1. The maximum atomic E-state index is 12.3. The summed E-state index contributed by atoms with van der Waals surface area (Å²) in [6.07, 6.45) is 1.64. The number of nitrogens with one attached hydrogen (secondary N) is 1. The Morgan fingerprint density at radius 2 is 2.00 bits per heavy atom. The number of amidine groups is 1. The molecule has 3 rings (SSSR count). The molecule has 1 amide bonds. The van der Waals surface area contributed by atoms with E-state index in [1.54, 1.807) is 31.4 Å². The highest BCUT2D eigenvalue weighted by Crippen LogP contribution is 2.35. The topological polar surface area (TPSA) is 103 Å². The molecule has 28 heavy (non-hydrogen) atoms. The number of amides is 1. The lowest BCUT2D eigenvalue weighted by atomic mass is 10.1. The van der Waals surface area contributed by atoms with E-state index in [9.17, 15) is 14.9 Å². The fourth-order valence-electron chi connectivity index (χ4n) is 2.42. The number of thioether (sulfide) groups is 1. The second kappa shape index (κ2) is 8.32. The normalized spacial score (nSPS) is 16.3.